The first kappa shape index (κ1) is 16.3. The van der Waals surface area contributed by atoms with Crippen molar-refractivity contribution in [2.75, 3.05) is 26.2 Å². The van der Waals surface area contributed by atoms with Gasteiger partial charge in [-0.25, -0.2) is 4.39 Å². The Morgan fingerprint density at radius 1 is 1.24 bits per heavy atom. The molecule has 21 heavy (non-hydrogen) atoms. The molecule has 0 amide bonds. The molecular weight excluding hydrogens is 314 g/mol. The number of halogens is 3. The van der Waals surface area contributed by atoms with E-state index in [-0.39, 0.29) is 24.3 Å². The number of nitrogens with zero attached hydrogens (tertiary/aromatic N) is 1. The number of piperazine rings is 1. The minimum atomic E-state index is -0.255. The summed E-state index contributed by atoms with van der Waals surface area (Å²) < 4.78 is 19.8. The van der Waals surface area contributed by atoms with E-state index in [4.69, 9.17) is 16.0 Å². The summed E-state index contributed by atoms with van der Waals surface area (Å²) in [7, 11) is 0. The van der Waals surface area contributed by atoms with Crippen LogP contribution < -0.4 is 5.32 Å². The SMILES string of the molecule is Cl.Fc1ccc(Cl)cc1[C@@H](c1ccco1)N1CCNCC1. The topological polar surface area (TPSA) is 28.4 Å². The summed E-state index contributed by atoms with van der Waals surface area (Å²) in [6, 6.07) is 8.14. The van der Waals surface area contributed by atoms with E-state index < -0.39 is 0 Å². The average molecular weight is 331 g/mol. The lowest BCUT2D eigenvalue weighted by molar-refractivity contribution is 0.177. The molecule has 1 fully saturated rings. The summed E-state index contributed by atoms with van der Waals surface area (Å²) in [5, 5.41) is 3.84. The van der Waals surface area contributed by atoms with Crippen LogP contribution in [0.1, 0.15) is 17.4 Å². The van der Waals surface area contributed by atoms with Crippen molar-refractivity contribution in [3.8, 4) is 0 Å². The molecule has 1 aliphatic heterocycles. The lowest BCUT2D eigenvalue weighted by atomic mass is 10.0. The number of rotatable bonds is 3. The molecular formula is C15H17Cl2FN2O. The van der Waals surface area contributed by atoms with Crippen molar-refractivity contribution in [2.45, 2.75) is 6.04 Å². The van der Waals surface area contributed by atoms with E-state index in [1.54, 1.807) is 18.4 Å². The fourth-order valence-electron chi connectivity index (χ4n) is 2.64. The molecule has 6 heteroatoms. The highest BCUT2D eigenvalue weighted by atomic mass is 35.5. The number of hydrogen-bond acceptors (Lipinski definition) is 3. The van der Waals surface area contributed by atoms with Crippen molar-refractivity contribution in [1.29, 1.82) is 0 Å². The summed E-state index contributed by atoms with van der Waals surface area (Å²) in [5.74, 6) is 0.488. The van der Waals surface area contributed by atoms with Gasteiger partial charge in [-0.2, -0.15) is 0 Å². The molecule has 0 unspecified atom stereocenters. The minimum Gasteiger partial charge on any atom is -0.467 e. The molecule has 0 bridgehead atoms. The molecule has 0 aliphatic carbocycles. The van der Waals surface area contributed by atoms with Crippen LogP contribution in [0.25, 0.3) is 0 Å². The molecule has 0 spiro atoms. The van der Waals surface area contributed by atoms with Gasteiger partial charge in [-0.05, 0) is 30.3 Å². The van der Waals surface area contributed by atoms with Crippen LogP contribution in [-0.4, -0.2) is 31.1 Å². The third-order valence-electron chi connectivity index (χ3n) is 3.58. The van der Waals surface area contributed by atoms with Gasteiger partial charge in [0.2, 0.25) is 0 Å². The maximum absolute atomic E-state index is 14.2. The average Bonchev–Trinajstić information content (AvgIpc) is 2.98. The van der Waals surface area contributed by atoms with Gasteiger partial charge in [0.1, 0.15) is 11.6 Å². The molecule has 1 aliphatic rings. The molecule has 2 aromatic rings. The second kappa shape index (κ2) is 7.27. The van der Waals surface area contributed by atoms with Gasteiger partial charge in [0.15, 0.2) is 0 Å². The van der Waals surface area contributed by atoms with Gasteiger partial charge in [0.05, 0.1) is 12.3 Å². The molecule has 114 valence electrons. The normalized spacial score (nSPS) is 17.2. The fraction of sp³-hybridized carbons (Fsp3) is 0.333. The van der Waals surface area contributed by atoms with Crippen LogP contribution in [0.5, 0.6) is 0 Å². The number of benzene rings is 1. The predicted octanol–water partition coefficient (Wildman–Crippen LogP) is 3.49. The van der Waals surface area contributed by atoms with Crippen LogP contribution >= 0.6 is 24.0 Å². The van der Waals surface area contributed by atoms with Crippen LogP contribution in [0.2, 0.25) is 5.02 Å². The fourth-order valence-corrected chi connectivity index (χ4v) is 2.82. The van der Waals surface area contributed by atoms with Crippen LogP contribution in [0.15, 0.2) is 41.0 Å². The van der Waals surface area contributed by atoms with Gasteiger partial charge in [-0.1, -0.05) is 11.6 Å². The Labute approximate surface area is 134 Å². The molecule has 3 nitrogen and oxygen atoms in total. The van der Waals surface area contributed by atoms with E-state index in [0.29, 0.717) is 10.6 Å². The van der Waals surface area contributed by atoms with Crippen LogP contribution in [0, 0.1) is 5.82 Å². The van der Waals surface area contributed by atoms with Gasteiger partial charge in [-0.3, -0.25) is 4.90 Å². The Kier molecular flexibility index (Phi) is 5.65. The monoisotopic (exact) mass is 330 g/mol. The highest BCUT2D eigenvalue weighted by Gasteiger charge is 2.28. The van der Waals surface area contributed by atoms with Gasteiger partial charge < -0.3 is 9.73 Å². The maximum Gasteiger partial charge on any atom is 0.128 e. The number of hydrogen-bond donors (Lipinski definition) is 1. The Bertz CT molecular complexity index is 571. The van der Waals surface area contributed by atoms with E-state index in [0.717, 1.165) is 31.9 Å². The third-order valence-corrected chi connectivity index (χ3v) is 3.82. The van der Waals surface area contributed by atoms with Crippen molar-refractivity contribution in [2.24, 2.45) is 0 Å². The van der Waals surface area contributed by atoms with Gasteiger partial charge in [0.25, 0.3) is 0 Å². The van der Waals surface area contributed by atoms with E-state index >= 15 is 0 Å². The van der Waals surface area contributed by atoms with E-state index in [2.05, 4.69) is 10.2 Å². The molecule has 1 atom stereocenters. The zero-order valence-electron chi connectivity index (χ0n) is 11.4. The van der Waals surface area contributed by atoms with Crippen LogP contribution in [0.3, 0.4) is 0 Å². The van der Waals surface area contributed by atoms with Gasteiger partial charge in [0, 0.05) is 36.8 Å². The Morgan fingerprint density at radius 2 is 2.00 bits per heavy atom. The van der Waals surface area contributed by atoms with Gasteiger partial charge in [-0.15, -0.1) is 12.4 Å². The zero-order chi connectivity index (χ0) is 13.9. The Morgan fingerprint density at radius 3 is 2.67 bits per heavy atom. The molecule has 1 aromatic carbocycles. The summed E-state index contributed by atoms with van der Waals surface area (Å²) >= 11 is 6.03. The highest BCUT2D eigenvalue weighted by Crippen LogP contribution is 2.32. The molecule has 1 aromatic heterocycles. The molecule has 0 saturated carbocycles. The van der Waals surface area contributed by atoms with E-state index in [1.807, 2.05) is 12.1 Å². The van der Waals surface area contributed by atoms with Crippen molar-refractivity contribution >= 4 is 24.0 Å². The highest BCUT2D eigenvalue weighted by molar-refractivity contribution is 6.30. The number of nitrogens with one attached hydrogen (secondary N) is 1. The Hall–Kier alpha value is -1.07. The summed E-state index contributed by atoms with van der Waals surface area (Å²) in [6.07, 6.45) is 1.62. The summed E-state index contributed by atoms with van der Waals surface area (Å²) in [4.78, 5) is 2.21. The molecule has 0 radical (unpaired) electrons. The second-order valence-electron chi connectivity index (χ2n) is 4.87. The standard InChI is InChI=1S/C15H16ClFN2O.ClH/c16-11-3-4-13(17)12(10-11)15(14-2-1-9-20-14)19-7-5-18-6-8-19;/h1-4,9-10,15,18H,5-8H2;1H/t15-;/m0./s1. The molecule has 1 saturated heterocycles. The van der Waals surface area contributed by atoms with Crippen molar-refractivity contribution in [3.63, 3.8) is 0 Å². The quantitative estimate of drug-likeness (QED) is 0.933. The molecule has 3 rings (SSSR count). The first-order valence-corrected chi connectivity index (χ1v) is 7.06. The molecule has 1 N–H and O–H groups in total. The zero-order valence-corrected chi connectivity index (χ0v) is 13.0. The van der Waals surface area contributed by atoms with Crippen LogP contribution in [0.4, 0.5) is 4.39 Å². The van der Waals surface area contributed by atoms with E-state index in [1.165, 1.54) is 6.07 Å². The smallest absolute Gasteiger partial charge is 0.128 e. The summed E-state index contributed by atoms with van der Waals surface area (Å²) in [6.45, 7) is 3.47. The molecule has 2 heterocycles. The lowest BCUT2D eigenvalue weighted by Crippen LogP contribution is -2.45. The van der Waals surface area contributed by atoms with Crippen molar-refractivity contribution < 1.29 is 8.81 Å². The first-order chi connectivity index (χ1) is 9.75. The maximum atomic E-state index is 14.2. The second-order valence-corrected chi connectivity index (χ2v) is 5.31. The van der Waals surface area contributed by atoms with E-state index in [9.17, 15) is 4.39 Å². The predicted molar refractivity (Wildman–Crippen MR) is 83.7 cm³/mol. The minimum absolute atomic E-state index is 0. The van der Waals surface area contributed by atoms with Crippen molar-refractivity contribution in [3.05, 3.63) is 58.8 Å². The Balaban J connectivity index is 0.00000161. The number of furan rings is 1. The van der Waals surface area contributed by atoms with Crippen LogP contribution in [-0.2, 0) is 0 Å². The third kappa shape index (κ3) is 3.58. The largest absolute Gasteiger partial charge is 0.467 e. The summed E-state index contributed by atoms with van der Waals surface area (Å²) in [5.41, 5.74) is 0.564. The van der Waals surface area contributed by atoms with Crippen molar-refractivity contribution in [1.82, 2.24) is 10.2 Å². The first-order valence-electron chi connectivity index (χ1n) is 6.69. The van der Waals surface area contributed by atoms with Gasteiger partial charge >= 0.3 is 0 Å². The lowest BCUT2D eigenvalue weighted by Gasteiger charge is -2.34.